The molecule has 0 atom stereocenters. The summed E-state index contributed by atoms with van der Waals surface area (Å²) in [5, 5.41) is 10.9. The second kappa shape index (κ2) is 18.5. The number of ether oxygens (including phenoxy) is 1. The lowest BCUT2D eigenvalue weighted by molar-refractivity contribution is -0.137. The predicted octanol–water partition coefficient (Wildman–Crippen LogP) is 10.8. The minimum atomic E-state index is -0.298. The van der Waals surface area contributed by atoms with Crippen molar-refractivity contribution < 1.29 is 14.6 Å². The molecular weight excluding hydrogens is 468 g/mol. The highest BCUT2D eigenvalue weighted by atomic mass is 16.5. The number of unbranched alkanes of at least 4 members (excludes halogenated alkanes) is 15. The Morgan fingerprint density at radius 3 is 1.42 bits per heavy atom. The van der Waals surface area contributed by atoms with Gasteiger partial charge in [-0.1, -0.05) is 145 Å². The highest BCUT2D eigenvalue weighted by Gasteiger charge is 2.26. The number of esters is 1. The molecule has 1 aromatic rings. The minimum absolute atomic E-state index is 0.193. The molecule has 0 saturated carbocycles. The van der Waals surface area contributed by atoms with Crippen LogP contribution in [0.25, 0.3) is 6.08 Å². The molecule has 0 fully saturated rings. The van der Waals surface area contributed by atoms with Crippen molar-refractivity contribution in [1.82, 2.24) is 0 Å². The Morgan fingerprint density at radius 1 is 0.684 bits per heavy atom. The SMILES string of the molecule is CCCCCCCCCCCCCCCCCCOC(=O)/C=C/c1cc(C(C)(C)C)c(O)c(C(C)(C)C)c1. The summed E-state index contributed by atoms with van der Waals surface area (Å²) in [7, 11) is 0. The van der Waals surface area contributed by atoms with Crippen molar-refractivity contribution in [2.75, 3.05) is 6.61 Å². The number of aromatic hydroxyl groups is 1. The minimum Gasteiger partial charge on any atom is -0.507 e. The van der Waals surface area contributed by atoms with E-state index in [1.165, 1.54) is 96.0 Å². The maximum absolute atomic E-state index is 12.2. The van der Waals surface area contributed by atoms with Gasteiger partial charge in [-0.3, -0.25) is 0 Å². The summed E-state index contributed by atoms with van der Waals surface area (Å²) in [5.74, 6) is 0.0573. The van der Waals surface area contributed by atoms with E-state index >= 15 is 0 Å². The molecule has 1 rings (SSSR count). The van der Waals surface area contributed by atoms with E-state index in [-0.39, 0.29) is 16.8 Å². The molecule has 3 heteroatoms. The fraction of sp³-hybridized carbons (Fsp3) is 0.743. The van der Waals surface area contributed by atoms with Gasteiger partial charge in [0.15, 0.2) is 0 Å². The molecule has 218 valence electrons. The first-order valence-corrected chi connectivity index (χ1v) is 15.7. The number of phenolic OH excluding ortho intramolecular Hbond substituents is 1. The number of phenols is 1. The second-order valence-corrected chi connectivity index (χ2v) is 13.3. The monoisotopic (exact) mass is 528 g/mol. The average molecular weight is 529 g/mol. The molecule has 0 amide bonds. The van der Waals surface area contributed by atoms with E-state index in [0.717, 1.165) is 29.5 Å². The molecule has 0 aliphatic heterocycles. The third-order valence-corrected chi connectivity index (χ3v) is 7.40. The van der Waals surface area contributed by atoms with Crippen LogP contribution in [-0.2, 0) is 20.4 Å². The lowest BCUT2D eigenvalue weighted by Gasteiger charge is -2.27. The molecule has 0 heterocycles. The van der Waals surface area contributed by atoms with Crippen LogP contribution in [0.3, 0.4) is 0 Å². The van der Waals surface area contributed by atoms with Gasteiger partial charge in [-0.05, 0) is 41.0 Å². The molecular formula is C35H60O3. The van der Waals surface area contributed by atoms with Crippen molar-refractivity contribution in [3.8, 4) is 5.75 Å². The molecule has 0 radical (unpaired) electrons. The van der Waals surface area contributed by atoms with Crippen molar-refractivity contribution in [3.05, 3.63) is 34.9 Å². The smallest absolute Gasteiger partial charge is 0.330 e. The highest BCUT2D eigenvalue weighted by molar-refractivity contribution is 5.87. The maximum Gasteiger partial charge on any atom is 0.330 e. The summed E-state index contributed by atoms with van der Waals surface area (Å²) in [6, 6.07) is 3.95. The fourth-order valence-electron chi connectivity index (χ4n) is 4.93. The standard InChI is InChI=1S/C35H60O3/c1-8-9-10-11-12-13-14-15-16-17-18-19-20-21-22-23-26-38-32(36)25-24-29-27-30(34(2,3)4)33(37)31(28-29)35(5,6)7/h24-25,27-28,37H,8-23,26H2,1-7H3/b25-24+. The molecule has 0 unspecified atom stereocenters. The Labute approximate surface area is 235 Å². The summed E-state index contributed by atoms with van der Waals surface area (Å²) in [4.78, 5) is 12.2. The van der Waals surface area contributed by atoms with Gasteiger partial charge in [-0.2, -0.15) is 0 Å². The van der Waals surface area contributed by atoms with Gasteiger partial charge in [-0.25, -0.2) is 4.79 Å². The van der Waals surface area contributed by atoms with Crippen LogP contribution in [0.1, 0.15) is 168 Å². The van der Waals surface area contributed by atoms with E-state index in [0.29, 0.717) is 12.4 Å². The second-order valence-electron chi connectivity index (χ2n) is 13.3. The summed E-state index contributed by atoms with van der Waals surface area (Å²) in [6.07, 6.45) is 24.7. The van der Waals surface area contributed by atoms with E-state index in [1.54, 1.807) is 6.08 Å². The molecule has 0 aromatic heterocycles. The Morgan fingerprint density at radius 2 is 1.05 bits per heavy atom. The third kappa shape index (κ3) is 15.0. The van der Waals surface area contributed by atoms with Crippen LogP contribution in [-0.4, -0.2) is 17.7 Å². The van der Waals surface area contributed by atoms with Gasteiger partial charge in [0.2, 0.25) is 0 Å². The van der Waals surface area contributed by atoms with Crippen LogP contribution < -0.4 is 0 Å². The molecule has 1 aromatic carbocycles. The summed E-state index contributed by atoms with van der Waals surface area (Å²) in [6.45, 7) is 15.3. The molecule has 0 bridgehead atoms. The van der Waals surface area contributed by atoms with E-state index in [1.807, 2.05) is 12.1 Å². The first-order valence-electron chi connectivity index (χ1n) is 15.7. The molecule has 0 aliphatic carbocycles. The summed E-state index contributed by atoms with van der Waals surface area (Å²) < 4.78 is 5.43. The number of benzene rings is 1. The molecule has 0 aliphatic rings. The molecule has 3 nitrogen and oxygen atoms in total. The lowest BCUT2D eigenvalue weighted by atomic mass is 9.78. The van der Waals surface area contributed by atoms with Gasteiger partial charge in [0, 0.05) is 17.2 Å². The van der Waals surface area contributed by atoms with Crippen LogP contribution in [0.5, 0.6) is 5.75 Å². The Balaban J connectivity index is 2.19. The topological polar surface area (TPSA) is 46.5 Å². The lowest BCUT2D eigenvalue weighted by Crippen LogP contribution is -2.17. The highest BCUT2D eigenvalue weighted by Crippen LogP contribution is 2.40. The Bertz CT molecular complexity index is 772. The number of carbonyl (C=O) groups excluding carboxylic acids is 1. The largest absolute Gasteiger partial charge is 0.507 e. The van der Waals surface area contributed by atoms with Crippen LogP contribution >= 0.6 is 0 Å². The van der Waals surface area contributed by atoms with Crippen molar-refractivity contribution in [2.24, 2.45) is 0 Å². The van der Waals surface area contributed by atoms with Crippen molar-refractivity contribution in [1.29, 1.82) is 0 Å². The first kappa shape index (κ1) is 34.3. The summed E-state index contributed by atoms with van der Waals surface area (Å²) >= 11 is 0. The molecule has 38 heavy (non-hydrogen) atoms. The maximum atomic E-state index is 12.2. The van der Waals surface area contributed by atoms with Crippen molar-refractivity contribution in [2.45, 2.75) is 162 Å². The third-order valence-electron chi connectivity index (χ3n) is 7.40. The van der Waals surface area contributed by atoms with E-state index in [2.05, 4.69) is 48.5 Å². The van der Waals surface area contributed by atoms with Gasteiger partial charge in [0.1, 0.15) is 5.75 Å². The van der Waals surface area contributed by atoms with Crippen molar-refractivity contribution >= 4 is 12.0 Å². The van der Waals surface area contributed by atoms with E-state index in [4.69, 9.17) is 4.74 Å². The van der Waals surface area contributed by atoms with Crippen LogP contribution in [0.2, 0.25) is 0 Å². The zero-order chi connectivity index (χ0) is 28.4. The van der Waals surface area contributed by atoms with Gasteiger partial charge in [-0.15, -0.1) is 0 Å². The van der Waals surface area contributed by atoms with Crippen LogP contribution in [0.15, 0.2) is 18.2 Å². The van der Waals surface area contributed by atoms with Gasteiger partial charge >= 0.3 is 5.97 Å². The quantitative estimate of drug-likeness (QED) is 0.110. The number of hydrogen-bond donors (Lipinski definition) is 1. The predicted molar refractivity (Wildman–Crippen MR) is 165 cm³/mol. The number of carbonyl (C=O) groups is 1. The zero-order valence-electron chi connectivity index (χ0n) is 26.1. The zero-order valence-corrected chi connectivity index (χ0v) is 26.1. The molecule has 0 spiro atoms. The van der Waals surface area contributed by atoms with Gasteiger partial charge in [0.05, 0.1) is 6.61 Å². The Kier molecular flexibility index (Phi) is 16.7. The first-order chi connectivity index (χ1) is 18.0. The Hall–Kier alpha value is -1.77. The number of rotatable bonds is 19. The van der Waals surface area contributed by atoms with Crippen molar-refractivity contribution in [3.63, 3.8) is 0 Å². The molecule has 1 N–H and O–H groups in total. The normalized spacial score (nSPS) is 12.4. The average Bonchev–Trinajstić information content (AvgIpc) is 2.83. The number of hydrogen-bond acceptors (Lipinski definition) is 3. The fourth-order valence-corrected chi connectivity index (χ4v) is 4.93. The van der Waals surface area contributed by atoms with Gasteiger partial charge < -0.3 is 9.84 Å². The van der Waals surface area contributed by atoms with E-state index in [9.17, 15) is 9.90 Å². The van der Waals surface area contributed by atoms with Crippen LogP contribution in [0.4, 0.5) is 0 Å². The molecule has 0 saturated heterocycles. The van der Waals surface area contributed by atoms with Gasteiger partial charge in [0.25, 0.3) is 0 Å². The van der Waals surface area contributed by atoms with E-state index < -0.39 is 0 Å². The van der Waals surface area contributed by atoms with Crippen LogP contribution in [0, 0.1) is 0 Å². The summed E-state index contributed by atoms with van der Waals surface area (Å²) in [5.41, 5.74) is 2.32.